The van der Waals surface area contributed by atoms with Crippen LogP contribution >= 0.6 is 11.6 Å². The van der Waals surface area contributed by atoms with E-state index in [-0.39, 0.29) is 6.42 Å². The van der Waals surface area contributed by atoms with Crippen LogP contribution in [0.2, 0.25) is 5.02 Å². The van der Waals surface area contributed by atoms with Gasteiger partial charge in [0.05, 0.1) is 12.1 Å². The molecule has 0 spiro atoms. The lowest BCUT2D eigenvalue weighted by Crippen LogP contribution is -2.19. The molecular weight excluding hydrogens is 468 g/mol. The molecule has 0 bridgehead atoms. The first-order chi connectivity index (χ1) is 16.8. The van der Waals surface area contributed by atoms with Gasteiger partial charge < -0.3 is 9.84 Å². The Morgan fingerprint density at radius 1 is 1.03 bits per heavy atom. The van der Waals surface area contributed by atoms with Gasteiger partial charge in [-0.05, 0) is 48.7 Å². The molecule has 4 aromatic rings. The van der Waals surface area contributed by atoms with E-state index < -0.39 is 18.2 Å². The van der Waals surface area contributed by atoms with Gasteiger partial charge in [-0.15, -0.1) is 5.10 Å². The van der Waals surface area contributed by atoms with Crippen molar-refractivity contribution in [3.63, 3.8) is 0 Å². The summed E-state index contributed by atoms with van der Waals surface area (Å²) in [6.07, 6.45) is -1.21. The number of anilines is 1. The molecule has 0 aliphatic rings. The summed E-state index contributed by atoms with van der Waals surface area (Å²) in [5.41, 5.74) is 4.59. The molecule has 0 saturated heterocycles. The van der Waals surface area contributed by atoms with Gasteiger partial charge in [0.15, 0.2) is 5.82 Å². The summed E-state index contributed by atoms with van der Waals surface area (Å²) in [6, 6.07) is 22.1. The van der Waals surface area contributed by atoms with E-state index in [2.05, 4.69) is 15.6 Å². The van der Waals surface area contributed by atoms with Crippen LogP contribution in [0.5, 0.6) is 0 Å². The quantitative estimate of drug-likeness (QED) is 0.337. The average Bonchev–Trinajstić information content (AvgIpc) is 3.19. The number of amides is 1. The molecule has 0 saturated carbocycles. The predicted octanol–water partition coefficient (Wildman–Crippen LogP) is 5.83. The molecular formula is C26H23ClN4O4. The first-order valence-corrected chi connectivity index (χ1v) is 11.3. The van der Waals surface area contributed by atoms with Crippen LogP contribution in [0, 0.1) is 6.92 Å². The Bertz CT molecular complexity index is 1350. The van der Waals surface area contributed by atoms with E-state index in [0.29, 0.717) is 27.8 Å². The summed E-state index contributed by atoms with van der Waals surface area (Å²) in [4.78, 5) is 23.5. The number of aromatic nitrogens is 3. The largest absolute Gasteiger partial charge is 0.481 e. The van der Waals surface area contributed by atoms with Gasteiger partial charge in [-0.3, -0.25) is 10.1 Å². The molecule has 2 N–H and O–H groups in total. The summed E-state index contributed by atoms with van der Waals surface area (Å²) in [5, 5.41) is 20.4. The number of halogens is 1. The molecule has 3 aromatic carbocycles. The minimum Gasteiger partial charge on any atom is -0.481 e. The molecule has 0 aliphatic heterocycles. The van der Waals surface area contributed by atoms with Crippen LogP contribution < -0.4 is 5.32 Å². The maximum absolute atomic E-state index is 12.6. The Morgan fingerprint density at radius 2 is 1.66 bits per heavy atom. The fourth-order valence-corrected chi connectivity index (χ4v) is 3.91. The number of carbonyl (C=O) groups excluding carboxylic acids is 1. The molecule has 4 rings (SSSR count). The highest BCUT2D eigenvalue weighted by Crippen LogP contribution is 2.27. The van der Waals surface area contributed by atoms with E-state index in [4.69, 9.17) is 21.4 Å². The molecule has 1 atom stereocenters. The van der Waals surface area contributed by atoms with Crippen molar-refractivity contribution in [3.8, 4) is 16.8 Å². The monoisotopic (exact) mass is 490 g/mol. The van der Waals surface area contributed by atoms with Crippen molar-refractivity contribution in [1.29, 1.82) is 0 Å². The van der Waals surface area contributed by atoms with Crippen LogP contribution in [-0.4, -0.2) is 32.2 Å². The summed E-state index contributed by atoms with van der Waals surface area (Å²) >= 11 is 6.20. The van der Waals surface area contributed by atoms with Gasteiger partial charge in [-0.25, -0.2) is 4.79 Å². The van der Waals surface area contributed by atoms with Crippen LogP contribution in [0.1, 0.15) is 29.8 Å². The third-order valence-corrected chi connectivity index (χ3v) is 5.78. The lowest BCUT2D eigenvalue weighted by molar-refractivity contribution is -0.136. The molecule has 9 heteroatoms. The van der Waals surface area contributed by atoms with Crippen molar-refractivity contribution >= 4 is 29.5 Å². The minimum atomic E-state index is -0.864. The highest BCUT2D eigenvalue weighted by molar-refractivity contribution is 6.31. The lowest BCUT2D eigenvalue weighted by Gasteiger charge is -2.16. The summed E-state index contributed by atoms with van der Waals surface area (Å²) in [7, 11) is 0. The first kappa shape index (κ1) is 24.0. The first-order valence-electron chi connectivity index (χ1n) is 10.9. The fraction of sp³-hybridized carbons (Fsp3) is 0.154. The SMILES string of the molecule is Cc1nnn(-c2ccc(-c3ccc(CC(=O)O)cc3)cc2)c1NC(=O)OC(C)c1ccccc1Cl. The molecule has 8 nitrogen and oxygen atoms in total. The highest BCUT2D eigenvalue weighted by Gasteiger charge is 2.18. The number of nitrogens with zero attached hydrogens (tertiary/aromatic N) is 3. The molecule has 0 aliphatic carbocycles. The van der Waals surface area contributed by atoms with Crippen molar-refractivity contribution in [1.82, 2.24) is 15.0 Å². The summed E-state index contributed by atoms with van der Waals surface area (Å²) in [5.74, 6) is -0.469. The molecule has 1 unspecified atom stereocenters. The van der Waals surface area contributed by atoms with Gasteiger partial charge in [-0.1, -0.05) is 71.4 Å². The number of carboxylic acid groups (broad SMARTS) is 1. The van der Waals surface area contributed by atoms with Gasteiger partial charge in [0, 0.05) is 10.6 Å². The van der Waals surface area contributed by atoms with Crippen LogP contribution in [0.25, 0.3) is 16.8 Å². The van der Waals surface area contributed by atoms with Crippen molar-refractivity contribution in [3.05, 3.63) is 94.6 Å². The zero-order chi connectivity index (χ0) is 24.9. The zero-order valence-electron chi connectivity index (χ0n) is 19.1. The van der Waals surface area contributed by atoms with E-state index in [1.807, 2.05) is 48.5 Å². The van der Waals surface area contributed by atoms with Gasteiger partial charge in [0.1, 0.15) is 11.8 Å². The normalized spacial score (nSPS) is 11.6. The van der Waals surface area contributed by atoms with Crippen LogP contribution in [0.15, 0.2) is 72.8 Å². The summed E-state index contributed by atoms with van der Waals surface area (Å²) in [6.45, 7) is 3.49. The van der Waals surface area contributed by atoms with Crippen LogP contribution in [0.3, 0.4) is 0 Å². The maximum atomic E-state index is 12.6. The number of nitrogens with one attached hydrogen (secondary N) is 1. The molecule has 1 aromatic heterocycles. The number of carbonyl (C=O) groups is 2. The maximum Gasteiger partial charge on any atom is 0.413 e. The molecule has 1 amide bonds. The van der Waals surface area contributed by atoms with Crippen molar-refractivity contribution in [2.75, 3.05) is 5.32 Å². The Morgan fingerprint density at radius 3 is 2.29 bits per heavy atom. The Balaban J connectivity index is 1.48. The zero-order valence-corrected chi connectivity index (χ0v) is 19.9. The van der Waals surface area contributed by atoms with Crippen LogP contribution in [0.4, 0.5) is 10.6 Å². The minimum absolute atomic E-state index is 0.0136. The number of aryl methyl sites for hydroxylation is 1. The number of aliphatic carboxylic acids is 1. The fourth-order valence-electron chi connectivity index (χ4n) is 3.62. The van der Waals surface area contributed by atoms with Crippen molar-refractivity contribution in [2.24, 2.45) is 0 Å². The Kier molecular flexibility index (Phi) is 7.12. The van der Waals surface area contributed by atoms with Gasteiger partial charge in [0.2, 0.25) is 0 Å². The second kappa shape index (κ2) is 10.4. The van der Waals surface area contributed by atoms with Crippen molar-refractivity contribution < 1.29 is 19.4 Å². The standard InChI is InChI=1S/C26H23ClN4O4/c1-16-25(28-26(34)35-17(2)22-5-3-4-6-23(22)27)31(30-29-16)21-13-11-20(12-14-21)19-9-7-18(8-10-19)15-24(32)33/h3-14,17H,15H2,1-2H3,(H,28,34)(H,32,33). The number of benzene rings is 3. The van der Waals surface area contributed by atoms with Crippen molar-refractivity contribution in [2.45, 2.75) is 26.4 Å². The van der Waals surface area contributed by atoms with Gasteiger partial charge in [0.25, 0.3) is 0 Å². The van der Waals surface area contributed by atoms with E-state index in [0.717, 1.165) is 16.7 Å². The topological polar surface area (TPSA) is 106 Å². The predicted molar refractivity (Wildman–Crippen MR) is 133 cm³/mol. The third-order valence-electron chi connectivity index (χ3n) is 5.44. The number of hydrogen-bond acceptors (Lipinski definition) is 5. The van der Waals surface area contributed by atoms with E-state index in [9.17, 15) is 9.59 Å². The molecule has 0 radical (unpaired) electrons. The van der Waals surface area contributed by atoms with Gasteiger partial charge in [-0.2, -0.15) is 4.68 Å². The number of rotatable bonds is 7. The van der Waals surface area contributed by atoms with E-state index >= 15 is 0 Å². The lowest BCUT2D eigenvalue weighted by atomic mass is 10.0. The Labute approximate surface area is 207 Å². The number of hydrogen-bond donors (Lipinski definition) is 2. The number of ether oxygens (including phenoxy) is 1. The average molecular weight is 491 g/mol. The second-order valence-corrected chi connectivity index (χ2v) is 8.35. The van der Waals surface area contributed by atoms with E-state index in [1.54, 1.807) is 38.1 Å². The molecule has 1 heterocycles. The Hall–Kier alpha value is -4.17. The summed E-state index contributed by atoms with van der Waals surface area (Å²) < 4.78 is 7.03. The van der Waals surface area contributed by atoms with Crippen LogP contribution in [-0.2, 0) is 16.0 Å². The van der Waals surface area contributed by atoms with E-state index in [1.165, 1.54) is 4.68 Å². The van der Waals surface area contributed by atoms with Gasteiger partial charge >= 0.3 is 12.1 Å². The second-order valence-electron chi connectivity index (χ2n) is 7.94. The molecule has 178 valence electrons. The molecule has 35 heavy (non-hydrogen) atoms. The highest BCUT2D eigenvalue weighted by atomic mass is 35.5. The third kappa shape index (κ3) is 5.67. The molecule has 0 fully saturated rings. The number of carboxylic acids is 1. The smallest absolute Gasteiger partial charge is 0.413 e.